The van der Waals surface area contributed by atoms with Crippen LogP contribution in [-0.4, -0.2) is 16.0 Å². The van der Waals surface area contributed by atoms with Crippen LogP contribution in [-0.2, 0) is 6.54 Å². The van der Waals surface area contributed by atoms with E-state index in [1.165, 1.54) is 47.4 Å². The predicted molar refractivity (Wildman–Crippen MR) is 86.7 cm³/mol. The van der Waals surface area contributed by atoms with E-state index >= 15 is 0 Å². The fraction of sp³-hybridized carbons (Fsp3) is 0.529. The van der Waals surface area contributed by atoms with Crippen LogP contribution < -0.4 is 5.32 Å². The molecule has 110 valence electrons. The van der Waals surface area contributed by atoms with Crippen molar-refractivity contribution in [3.8, 4) is 10.7 Å². The molecule has 2 heterocycles. The molecule has 0 amide bonds. The van der Waals surface area contributed by atoms with E-state index in [9.17, 15) is 0 Å². The van der Waals surface area contributed by atoms with Crippen molar-refractivity contribution in [2.24, 2.45) is 0 Å². The lowest BCUT2D eigenvalue weighted by molar-refractivity contribution is 0.688. The molecule has 2 saturated carbocycles. The summed E-state index contributed by atoms with van der Waals surface area (Å²) in [5.41, 5.74) is 4.84. The summed E-state index contributed by atoms with van der Waals surface area (Å²) in [7, 11) is 0. The Morgan fingerprint density at radius 2 is 2.05 bits per heavy atom. The third-order valence-electron chi connectivity index (χ3n) is 4.24. The number of pyridine rings is 1. The van der Waals surface area contributed by atoms with Crippen LogP contribution in [0, 0.1) is 13.8 Å². The zero-order chi connectivity index (χ0) is 14.4. The molecule has 2 aliphatic rings. The van der Waals surface area contributed by atoms with Gasteiger partial charge in [0.15, 0.2) is 0 Å². The fourth-order valence-electron chi connectivity index (χ4n) is 2.73. The second-order valence-electron chi connectivity index (χ2n) is 6.44. The molecule has 4 rings (SSSR count). The van der Waals surface area contributed by atoms with Crippen molar-refractivity contribution < 1.29 is 0 Å². The van der Waals surface area contributed by atoms with Gasteiger partial charge in [0.2, 0.25) is 0 Å². The third kappa shape index (κ3) is 2.87. The fourth-order valence-corrected chi connectivity index (χ4v) is 3.89. The average molecular weight is 299 g/mol. The number of hydrogen-bond acceptors (Lipinski definition) is 4. The molecule has 2 aromatic heterocycles. The molecule has 0 saturated heterocycles. The minimum absolute atomic E-state index is 0.705. The Hall–Kier alpha value is -1.26. The van der Waals surface area contributed by atoms with Crippen LogP contribution in [0.25, 0.3) is 10.7 Å². The van der Waals surface area contributed by atoms with Crippen molar-refractivity contribution in [3.05, 3.63) is 34.0 Å². The van der Waals surface area contributed by atoms with Crippen molar-refractivity contribution in [2.45, 2.75) is 58.0 Å². The Kier molecular flexibility index (Phi) is 3.31. The SMILES string of the molecule is Cc1cnc(-c2nc(C3CC3)c(CNC3CC3)s2)c(C)c1. The van der Waals surface area contributed by atoms with Crippen LogP contribution in [0.3, 0.4) is 0 Å². The molecule has 0 aliphatic heterocycles. The summed E-state index contributed by atoms with van der Waals surface area (Å²) in [6.45, 7) is 5.21. The summed E-state index contributed by atoms with van der Waals surface area (Å²) >= 11 is 1.83. The molecule has 4 heteroatoms. The number of nitrogens with one attached hydrogen (secondary N) is 1. The Morgan fingerprint density at radius 1 is 1.24 bits per heavy atom. The molecule has 0 spiro atoms. The molecule has 0 bridgehead atoms. The summed E-state index contributed by atoms with van der Waals surface area (Å²) in [5, 5.41) is 4.73. The van der Waals surface area contributed by atoms with Gasteiger partial charge in [-0.25, -0.2) is 4.98 Å². The van der Waals surface area contributed by atoms with Gasteiger partial charge in [-0.15, -0.1) is 11.3 Å². The lowest BCUT2D eigenvalue weighted by atomic mass is 10.2. The highest BCUT2D eigenvalue weighted by Gasteiger charge is 2.31. The van der Waals surface area contributed by atoms with Crippen LogP contribution in [0.4, 0.5) is 0 Å². The normalized spacial score (nSPS) is 18.2. The Balaban J connectivity index is 1.66. The first-order chi connectivity index (χ1) is 10.2. The molecule has 0 radical (unpaired) electrons. The highest BCUT2D eigenvalue weighted by atomic mass is 32.1. The molecule has 0 unspecified atom stereocenters. The number of nitrogens with zero attached hydrogens (tertiary/aromatic N) is 2. The van der Waals surface area contributed by atoms with E-state index < -0.39 is 0 Å². The smallest absolute Gasteiger partial charge is 0.142 e. The lowest BCUT2D eigenvalue weighted by Gasteiger charge is -2.02. The average Bonchev–Trinajstić information content (AvgIpc) is 3.36. The van der Waals surface area contributed by atoms with E-state index in [1.54, 1.807) is 0 Å². The first kappa shape index (κ1) is 13.4. The van der Waals surface area contributed by atoms with E-state index in [4.69, 9.17) is 4.98 Å². The van der Waals surface area contributed by atoms with Gasteiger partial charge < -0.3 is 5.32 Å². The van der Waals surface area contributed by atoms with E-state index in [2.05, 4.69) is 30.2 Å². The number of thiazole rings is 1. The molecule has 1 N–H and O–H groups in total. The van der Waals surface area contributed by atoms with E-state index in [-0.39, 0.29) is 0 Å². The highest BCUT2D eigenvalue weighted by Crippen LogP contribution is 2.44. The van der Waals surface area contributed by atoms with Crippen molar-refractivity contribution >= 4 is 11.3 Å². The van der Waals surface area contributed by atoms with Gasteiger partial charge >= 0.3 is 0 Å². The van der Waals surface area contributed by atoms with Gasteiger partial charge in [-0.2, -0.15) is 0 Å². The van der Waals surface area contributed by atoms with Crippen molar-refractivity contribution in [2.75, 3.05) is 0 Å². The Morgan fingerprint density at radius 3 is 2.71 bits per heavy atom. The zero-order valence-electron chi connectivity index (χ0n) is 12.6. The molecule has 2 aromatic rings. The van der Waals surface area contributed by atoms with Crippen LogP contribution >= 0.6 is 11.3 Å². The Bertz CT molecular complexity index is 669. The van der Waals surface area contributed by atoms with Crippen molar-refractivity contribution in [3.63, 3.8) is 0 Å². The van der Waals surface area contributed by atoms with E-state index in [0.29, 0.717) is 5.92 Å². The standard InChI is InChI=1S/C17H21N3S/c1-10-7-11(2)15(19-8-10)17-20-16(12-3-4-12)14(21-17)9-18-13-5-6-13/h7-8,12-13,18H,3-6,9H2,1-2H3. The second-order valence-corrected chi connectivity index (χ2v) is 7.52. The summed E-state index contributed by atoms with van der Waals surface area (Å²) in [5.74, 6) is 0.705. The second kappa shape index (κ2) is 5.18. The number of rotatable bonds is 5. The molecule has 21 heavy (non-hydrogen) atoms. The maximum absolute atomic E-state index is 4.95. The summed E-state index contributed by atoms with van der Waals surface area (Å²) in [6.07, 6.45) is 7.23. The number of aromatic nitrogens is 2. The van der Waals surface area contributed by atoms with Gasteiger partial charge in [0, 0.05) is 29.6 Å². The zero-order valence-corrected chi connectivity index (χ0v) is 13.5. The van der Waals surface area contributed by atoms with Crippen molar-refractivity contribution in [1.29, 1.82) is 0 Å². The van der Waals surface area contributed by atoms with Crippen LogP contribution in [0.2, 0.25) is 0 Å². The molecule has 0 aromatic carbocycles. The van der Waals surface area contributed by atoms with Gasteiger partial charge in [0.25, 0.3) is 0 Å². The van der Waals surface area contributed by atoms with Crippen LogP contribution in [0.5, 0.6) is 0 Å². The quantitative estimate of drug-likeness (QED) is 0.908. The van der Waals surface area contributed by atoms with Gasteiger partial charge in [0.05, 0.1) is 5.69 Å². The lowest BCUT2D eigenvalue weighted by Crippen LogP contribution is -2.15. The van der Waals surface area contributed by atoms with E-state index in [0.717, 1.165) is 23.3 Å². The molecular weight excluding hydrogens is 278 g/mol. The topological polar surface area (TPSA) is 37.8 Å². The third-order valence-corrected chi connectivity index (χ3v) is 5.32. The molecular formula is C17H21N3S. The summed E-state index contributed by atoms with van der Waals surface area (Å²) in [6, 6.07) is 2.95. The minimum Gasteiger partial charge on any atom is -0.309 e. The van der Waals surface area contributed by atoms with E-state index in [1.807, 2.05) is 17.5 Å². The number of aryl methyl sites for hydroxylation is 2. The largest absolute Gasteiger partial charge is 0.309 e. The van der Waals surface area contributed by atoms with Gasteiger partial charge in [-0.3, -0.25) is 4.98 Å². The van der Waals surface area contributed by atoms with Gasteiger partial charge in [0.1, 0.15) is 10.7 Å². The summed E-state index contributed by atoms with van der Waals surface area (Å²) < 4.78 is 0. The molecule has 3 nitrogen and oxygen atoms in total. The van der Waals surface area contributed by atoms with Crippen LogP contribution in [0.15, 0.2) is 12.3 Å². The van der Waals surface area contributed by atoms with Gasteiger partial charge in [-0.1, -0.05) is 6.07 Å². The maximum atomic E-state index is 4.95. The molecule has 0 atom stereocenters. The van der Waals surface area contributed by atoms with Crippen molar-refractivity contribution in [1.82, 2.24) is 15.3 Å². The summed E-state index contributed by atoms with van der Waals surface area (Å²) in [4.78, 5) is 11.0. The highest BCUT2D eigenvalue weighted by molar-refractivity contribution is 7.15. The molecule has 2 fully saturated rings. The number of hydrogen-bond donors (Lipinski definition) is 1. The van der Waals surface area contributed by atoms with Gasteiger partial charge in [-0.05, 0) is 50.7 Å². The minimum atomic E-state index is 0.705. The Labute approximate surface area is 129 Å². The van der Waals surface area contributed by atoms with Crippen LogP contribution in [0.1, 0.15) is 53.3 Å². The molecule has 2 aliphatic carbocycles. The first-order valence-electron chi connectivity index (χ1n) is 7.87. The predicted octanol–water partition coefficient (Wildman–Crippen LogP) is 3.95. The monoisotopic (exact) mass is 299 g/mol. The maximum Gasteiger partial charge on any atom is 0.142 e. The first-order valence-corrected chi connectivity index (χ1v) is 8.69.